The van der Waals surface area contributed by atoms with Crippen LogP contribution in [0.25, 0.3) is 0 Å². The van der Waals surface area contributed by atoms with E-state index in [0.29, 0.717) is 0 Å². The Morgan fingerprint density at radius 3 is 2.00 bits per heavy atom. The molecule has 86 valence electrons. The molecule has 0 aliphatic rings. The molecule has 1 atom stereocenters. The van der Waals surface area contributed by atoms with E-state index < -0.39 is 0 Å². The van der Waals surface area contributed by atoms with E-state index >= 15 is 0 Å². The first kappa shape index (κ1) is 13.9. The lowest BCUT2D eigenvalue weighted by molar-refractivity contribution is -0.370. The Morgan fingerprint density at radius 2 is 1.57 bits per heavy atom. The summed E-state index contributed by atoms with van der Waals surface area (Å²) in [4.78, 5) is 10.5. The summed E-state index contributed by atoms with van der Waals surface area (Å²) in [7, 11) is 0. The largest absolute Gasteiger partial charge is 0.233 e. The molecule has 0 bridgehead atoms. The second kappa shape index (κ2) is 6.41. The van der Waals surface area contributed by atoms with Gasteiger partial charge in [-0.2, -0.15) is 0 Å². The van der Waals surface area contributed by atoms with E-state index in [1.54, 1.807) is 0 Å². The molecule has 0 spiro atoms. The Labute approximate surface area is 88.9 Å². The van der Waals surface area contributed by atoms with Gasteiger partial charge < -0.3 is 0 Å². The molecule has 0 aromatic rings. The van der Waals surface area contributed by atoms with Crippen LogP contribution in [0.5, 0.6) is 0 Å². The van der Waals surface area contributed by atoms with Crippen LogP contribution in [-0.4, -0.2) is 11.7 Å². The lowest BCUT2D eigenvalue weighted by atomic mass is 10.1. The molecule has 0 fully saturated rings. The Morgan fingerprint density at radius 1 is 1.00 bits per heavy atom. The molecule has 0 heterocycles. The monoisotopic (exact) mass is 202 g/mol. The second-order valence-electron chi connectivity index (χ2n) is 5.43. The van der Waals surface area contributed by atoms with Crippen LogP contribution < -0.4 is 0 Å². The third-order valence-electron chi connectivity index (χ3n) is 1.85. The number of hydrogen-bond donors (Lipinski definition) is 0. The van der Waals surface area contributed by atoms with Gasteiger partial charge in [-0.3, -0.25) is 0 Å². The summed E-state index contributed by atoms with van der Waals surface area (Å²) >= 11 is 0. The summed E-state index contributed by atoms with van der Waals surface area (Å²) in [6.07, 6.45) is 3.76. The van der Waals surface area contributed by atoms with Crippen molar-refractivity contribution in [3.8, 4) is 0 Å². The molecule has 0 aliphatic carbocycles. The molecule has 0 amide bonds. The normalized spacial score (nSPS) is 14.8. The van der Waals surface area contributed by atoms with E-state index in [9.17, 15) is 0 Å². The summed E-state index contributed by atoms with van der Waals surface area (Å²) in [6.45, 7) is 12.5. The van der Waals surface area contributed by atoms with Gasteiger partial charge in [0.15, 0.2) is 0 Å². The summed E-state index contributed by atoms with van der Waals surface area (Å²) in [6, 6.07) is 0. The molecule has 0 aromatic carbocycles. The standard InChI is InChI=1S/C12H26O2/c1-10(2)8-7-9-11(3)13-14-12(4,5)6/h10-11H,7-9H2,1-6H3. The summed E-state index contributed by atoms with van der Waals surface area (Å²) in [5.41, 5.74) is -0.202. The fraction of sp³-hybridized carbons (Fsp3) is 1.00. The third-order valence-corrected chi connectivity index (χ3v) is 1.85. The highest BCUT2D eigenvalue weighted by Gasteiger charge is 2.13. The first-order valence-electron chi connectivity index (χ1n) is 5.66. The molecular formula is C12H26O2. The zero-order valence-corrected chi connectivity index (χ0v) is 10.6. The first-order valence-corrected chi connectivity index (χ1v) is 5.66. The highest BCUT2D eigenvalue weighted by molar-refractivity contribution is 4.56. The van der Waals surface area contributed by atoms with Gasteiger partial charge in [0.05, 0.1) is 11.7 Å². The Kier molecular flexibility index (Phi) is 6.38. The lowest BCUT2D eigenvalue weighted by Gasteiger charge is -2.21. The van der Waals surface area contributed by atoms with Crippen LogP contribution in [0, 0.1) is 5.92 Å². The van der Waals surface area contributed by atoms with Crippen LogP contribution in [0.3, 0.4) is 0 Å². The van der Waals surface area contributed by atoms with Gasteiger partial charge in [0.1, 0.15) is 0 Å². The van der Waals surface area contributed by atoms with E-state index in [1.165, 1.54) is 12.8 Å². The van der Waals surface area contributed by atoms with Crippen molar-refractivity contribution < 1.29 is 9.78 Å². The van der Waals surface area contributed by atoms with Crippen LogP contribution in [0.4, 0.5) is 0 Å². The maximum absolute atomic E-state index is 5.29. The van der Waals surface area contributed by atoms with Crippen molar-refractivity contribution in [3.05, 3.63) is 0 Å². The molecule has 14 heavy (non-hydrogen) atoms. The van der Waals surface area contributed by atoms with Crippen molar-refractivity contribution in [3.63, 3.8) is 0 Å². The van der Waals surface area contributed by atoms with Gasteiger partial charge in [-0.1, -0.05) is 26.7 Å². The van der Waals surface area contributed by atoms with Crippen molar-refractivity contribution in [1.29, 1.82) is 0 Å². The highest BCUT2D eigenvalue weighted by atomic mass is 17.2. The van der Waals surface area contributed by atoms with E-state index in [0.717, 1.165) is 12.3 Å². The molecule has 0 N–H and O–H groups in total. The minimum Gasteiger partial charge on any atom is -0.233 e. The molecular weight excluding hydrogens is 176 g/mol. The molecule has 0 saturated heterocycles. The van der Waals surface area contributed by atoms with Gasteiger partial charge in [0.2, 0.25) is 0 Å². The quantitative estimate of drug-likeness (QED) is 0.479. The molecule has 2 heteroatoms. The van der Waals surface area contributed by atoms with Crippen LogP contribution in [-0.2, 0) is 9.78 Å². The Balaban J connectivity index is 3.42. The Bertz CT molecular complexity index is 136. The van der Waals surface area contributed by atoms with E-state index in [4.69, 9.17) is 9.78 Å². The fourth-order valence-corrected chi connectivity index (χ4v) is 1.09. The topological polar surface area (TPSA) is 18.5 Å². The van der Waals surface area contributed by atoms with Crippen molar-refractivity contribution in [1.82, 2.24) is 0 Å². The number of hydrogen-bond acceptors (Lipinski definition) is 2. The van der Waals surface area contributed by atoms with E-state index in [1.807, 2.05) is 20.8 Å². The maximum atomic E-state index is 5.29. The third kappa shape index (κ3) is 10.0. The molecule has 1 unspecified atom stereocenters. The minimum atomic E-state index is -0.202. The predicted molar refractivity (Wildman–Crippen MR) is 60.1 cm³/mol. The number of rotatable bonds is 6. The van der Waals surface area contributed by atoms with Crippen molar-refractivity contribution >= 4 is 0 Å². The molecule has 0 saturated carbocycles. The van der Waals surface area contributed by atoms with Crippen LogP contribution in [0.1, 0.15) is 60.8 Å². The smallest absolute Gasteiger partial charge is 0.0952 e. The average Bonchev–Trinajstić information content (AvgIpc) is 1.99. The highest BCUT2D eigenvalue weighted by Crippen LogP contribution is 2.13. The van der Waals surface area contributed by atoms with Gasteiger partial charge in [0.25, 0.3) is 0 Å². The summed E-state index contributed by atoms with van der Waals surface area (Å²) in [5.74, 6) is 0.783. The molecule has 0 rings (SSSR count). The van der Waals surface area contributed by atoms with Crippen LogP contribution in [0.15, 0.2) is 0 Å². The minimum absolute atomic E-state index is 0.202. The molecule has 2 nitrogen and oxygen atoms in total. The van der Waals surface area contributed by atoms with Gasteiger partial charge in [0, 0.05) is 0 Å². The van der Waals surface area contributed by atoms with Gasteiger partial charge in [-0.15, -0.1) is 0 Å². The van der Waals surface area contributed by atoms with Crippen molar-refractivity contribution in [2.24, 2.45) is 5.92 Å². The SMILES string of the molecule is CC(C)CCCC(C)OOC(C)(C)C. The van der Waals surface area contributed by atoms with E-state index in [-0.39, 0.29) is 11.7 Å². The summed E-state index contributed by atoms with van der Waals surface area (Å²) < 4.78 is 0. The maximum Gasteiger partial charge on any atom is 0.0952 e. The van der Waals surface area contributed by atoms with Crippen molar-refractivity contribution in [2.45, 2.75) is 72.5 Å². The molecule has 0 aromatic heterocycles. The summed E-state index contributed by atoms with van der Waals surface area (Å²) in [5, 5.41) is 0. The zero-order chi connectivity index (χ0) is 11.2. The second-order valence-corrected chi connectivity index (χ2v) is 5.43. The predicted octanol–water partition coefficient (Wildman–Crippen LogP) is 3.95. The average molecular weight is 202 g/mol. The Hall–Kier alpha value is -0.0800. The first-order chi connectivity index (χ1) is 6.31. The van der Waals surface area contributed by atoms with Gasteiger partial charge in [-0.05, 0) is 40.0 Å². The lowest BCUT2D eigenvalue weighted by Crippen LogP contribution is -2.22. The van der Waals surface area contributed by atoms with Gasteiger partial charge in [-0.25, -0.2) is 9.78 Å². The van der Waals surface area contributed by atoms with Gasteiger partial charge >= 0.3 is 0 Å². The molecule has 0 aliphatic heterocycles. The zero-order valence-electron chi connectivity index (χ0n) is 10.6. The van der Waals surface area contributed by atoms with Crippen LogP contribution >= 0.6 is 0 Å². The van der Waals surface area contributed by atoms with Crippen LogP contribution in [0.2, 0.25) is 0 Å². The van der Waals surface area contributed by atoms with E-state index in [2.05, 4.69) is 20.8 Å². The molecule has 0 radical (unpaired) electrons. The fourth-order valence-electron chi connectivity index (χ4n) is 1.09. The van der Waals surface area contributed by atoms with Crippen molar-refractivity contribution in [2.75, 3.05) is 0 Å².